The minimum Gasteiger partial charge on any atom is -0.468 e. The second-order valence-electron chi connectivity index (χ2n) is 4.43. The Labute approximate surface area is 117 Å². The minimum absolute atomic E-state index is 0.196. The van der Waals surface area contributed by atoms with Crippen LogP contribution in [0.2, 0.25) is 0 Å². The summed E-state index contributed by atoms with van der Waals surface area (Å²) in [5.74, 6) is -2.03. The maximum atomic E-state index is 12.1. The Morgan fingerprint density at radius 1 is 1.20 bits per heavy atom. The summed E-state index contributed by atoms with van der Waals surface area (Å²) in [4.78, 5) is 35.8. The Morgan fingerprint density at radius 3 is 2.30 bits per heavy atom. The van der Waals surface area contributed by atoms with E-state index in [1.165, 1.54) is 14.2 Å². The fraction of sp³-hybridized carbons (Fsp3) is 0.769. The van der Waals surface area contributed by atoms with Gasteiger partial charge in [-0.15, -0.1) is 0 Å². The van der Waals surface area contributed by atoms with Gasteiger partial charge in [-0.25, -0.2) is 0 Å². The molecule has 0 bridgehead atoms. The van der Waals surface area contributed by atoms with Gasteiger partial charge in [0, 0.05) is 6.61 Å². The normalized spacial score (nSPS) is 20.9. The molecule has 0 radical (unpaired) electrons. The lowest BCUT2D eigenvalue weighted by Gasteiger charge is -2.38. The van der Waals surface area contributed by atoms with E-state index in [1.54, 1.807) is 6.92 Å². The number of esters is 3. The third kappa shape index (κ3) is 3.09. The van der Waals surface area contributed by atoms with Gasteiger partial charge in [-0.1, -0.05) is 0 Å². The van der Waals surface area contributed by atoms with Crippen molar-refractivity contribution in [1.29, 1.82) is 0 Å². The Balaban J connectivity index is 3.04. The van der Waals surface area contributed by atoms with Crippen molar-refractivity contribution < 1.29 is 33.3 Å². The molecule has 0 amide bonds. The Kier molecular flexibility index (Phi) is 5.94. The Bertz CT molecular complexity index is 361. The predicted octanol–water partition coefficient (Wildman–Crippen LogP) is 0.451. The van der Waals surface area contributed by atoms with Crippen LogP contribution in [0.5, 0.6) is 0 Å². The van der Waals surface area contributed by atoms with Gasteiger partial charge in [0.2, 0.25) is 0 Å². The first-order valence-electron chi connectivity index (χ1n) is 6.47. The van der Waals surface area contributed by atoms with Crippen LogP contribution in [0.4, 0.5) is 0 Å². The molecule has 0 saturated carbocycles. The second-order valence-corrected chi connectivity index (χ2v) is 4.43. The summed E-state index contributed by atoms with van der Waals surface area (Å²) < 4.78 is 19.7. The highest BCUT2D eigenvalue weighted by molar-refractivity contribution is 6.01. The van der Waals surface area contributed by atoms with E-state index in [0.717, 1.165) is 0 Å². The lowest BCUT2D eigenvalue weighted by molar-refractivity contribution is -0.191. The highest BCUT2D eigenvalue weighted by atomic mass is 16.6. The van der Waals surface area contributed by atoms with Gasteiger partial charge in [-0.2, -0.15) is 0 Å². The fourth-order valence-electron chi connectivity index (χ4n) is 2.40. The lowest BCUT2D eigenvalue weighted by atomic mass is 9.75. The van der Waals surface area contributed by atoms with Crippen molar-refractivity contribution in [3.8, 4) is 0 Å². The minimum atomic E-state index is -1.60. The van der Waals surface area contributed by atoms with Crippen LogP contribution < -0.4 is 0 Å². The third-order valence-electron chi connectivity index (χ3n) is 3.34. The first-order chi connectivity index (χ1) is 9.52. The van der Waals surface area contributed by atoms with E-state index >= 15 is 0 Å². The standard InChI is InChI=1S/C13H20O7/c1-4-19-10(14)8-9-13(11(15)17-2,12(16)18-3)6-5-7-20-9/h9H,4-8H2,1-3H3/t9-/m1/s1. The number of rotatable bonds is 5. The van der Waals surface area contributed by atoms with Gasteiger partial charge in [0.1, 0.15) is 0 Å². The molecule has 0 unspecified atom stereocenters. The number of methoxy groups -OCH3 is 2. The van der Waals surface area contributed by atoms with E-state index in [0.29, 0.717) is 13.0 Å². The number of ether oxygens (including phenoxy) is 4. The number of hydrogen-bond acceptors (Lipinski definition) is 7. The maximum Gasteiger partial charge on any atom is 0.325 e. The zero-order chi connectivity index (χ0) is 15.2. The molecule has 20 heavy (non-hydrogen) atoms. The number of carbonyl (C=O) groups is 3. The van der Waals surface area contributed by atoms with Crippen molar-refractivity contribution in [2.24, 2.45) is 5.41 Å². The molecule has 1 saturated heterocycles. The monoisotopic (exact) mass is 288 g/mol. The van der Waals surface area contributed by atoms with Gasteiger partial charge in [0.15, 0.2) is 5.41 Å². The molecule has 1 fully saturated rings. The largest absolute Gasteiger partial charge is 0.468 e. The fourth-order valence-corrected chi connectivity index (χ4v) is 2.40. The molecule has 114 valence electrons. The summed E-state index contributed by atoms with van der Waals surface area (Å²) in [6.45, 7) is 2.25. The molecule has 0 aromatic rings. The van der Waals surface area contributed by atoms with Crippen molar-refractivity contribution >= 4 is 17.9 Å². The molecule has 1 rings (SSSR count). The summed E-state index contributed by atoms with van der Waals surface area (Å²) in [6, 6.07) is 0. The van der Waals surface area contributed by atoms with Crippen LogP contribution >= 0.6 is 0 Å². The Morgan fingerprint density at radius 2 is 1.80 bits per heavy atom. The van der Waals surface area contributed by atoms with Crippen LogP contribution in [0, 0.1) is 5.41 Å². The molecule has 0 spiro atoms. The topological polar surface area (TPSA) is 88.1 Å². The van der Waals surface area contributed by atoms with Gasteiger partial charge in [-0.05, 0) is 19.8 Å². The van der Waals surface area contributed by atoms with E-state index in [1.807, 2.05) is 0 Å². The SMILES string of the molecule is CCOC(=O)C[C@H]1OCCCC1(C(=O)OC)C(=O)OC. The van der Waals surface area contributed by atoms with Crippen LogP contribution in [-0.2, 0) is 33.3 Å². The van der Waals surface area contributed by atoms with Crippen LogP contribution in [0.1, 0.15) is 26.2 Å². The van der Waals surface area contributed by atoms with Crippen molar-refractivity contribution in [2.45, 2.75) is 32.3 Å². The molecule has 1 heterocycles. The number of carbonyl (C=O) groups excluding carboxylic acids is 3. The second kappa shape index (κ2) is 7.23. The molecule has 7 nitrogen and oxygen atoms in total. The number of hydrogen-bond donors (Lipinski definition) is 0. The predicted molar refractivity (Wildman–Crippen MR) is 66.7 cm³/mol. The third-order valence-corrected chi connectivity index (χ3v) is 3.34. The molecule has 0 aromatic carbocycles. The van der Waals surface area contributed by atoms with Crippen molar-refractivity contribution in [1.82, 2.24) is 0 Å². The highest BCUT2D eigenvalue weighted by Crippen LogP contribution is 2.38. The molecular weight excluding hydrogens is 268 g/mol. The van der Waals surface area contributed by atoms with Crippen LogP contribution in [0.25, 0.3) is 0 Å². The van der Waals surface area contributed by atoms with Crippen molar-refractivity contribution in [3.05, 3.63) is 0 Å². The van der Waals surface area contributed by atoms with Crippen LogP contribution in [0.15, 0.2) is 0 Å². The first kappa shape index (κ1) is 16.4. The van der Waals surface area contributed by atoms with Gasteiger partial charge in [0.25, 0.3) is 0 Å². The summed E-state index contributed by atoms with van der Waals surface area (Å²) in [5, 5.41) is 0. The van der Waals surface area contributed by atoms with Crippen molar-refractivity contribution in [3.63, 3.8) is 0 Å². The Hall–Kier alpha value is -1.63. The molecule has 0 aliphatic carbocycles. The molecular formula is C13H20O7. The first-order valence-corrected chi connectivity index (χ1v) is 6.47. The molecule has 1 aliphatic heterocycles. The summed E-state index contributed by atoms with van der Waals surface area (Å²) >= 11 is 0. The van der Waals surface area contributed by atoms with E-state index in [9.17, 15) is 14.4 Å². The van der Waals surface area contributed by atoms with Gasteiger partial charge >= 0.3 is 17.9 Å². The molecule has 0 N–H and O–H groups in total. The quantitative estimate of drug-likeness (QED) is 0.412. The van der Waals surface area contributed by atoms with Gasteiger partial charge in [-0.3, -0.25) is 14.4 Å². The highest BCUT2D eigenvalue weighted by Gasteiger charge is 2.57. The van der Waals surface area contributed by atoms with E-state index in [4.69, 9.17) is 18.9 Å². The van der Waals surface area contributed by atoms with Crippen molar-refractivity contribution in [2.75, 3.05) is 27.4 Å². The molecule has 1 aliphatic rings. The smallest absolute Gasteiger partial charge is 0.325 e. The zero-order valence-corrected chi connectivity index (χ0v) is 12.0. The van der Waals surface area contributed by atoms with E-state index in [-0.39, 0.29) is 19.4 Å². The molecule has 1 atom stereocenters. The summed E-state index contributed by atoms with van der Waals surface area (Å²) in [6.07, 6.45) is -0.409. The zero-order valence-electron chi connectivity index (χ0n) is 12.0. The average Bonchev–Trinajstić information content (AvgIpc) is 2.46. The van der Waals surface area contributed by atoms with E-state index in [2.05, 4.69) is 0 Å². The van der Waals surface area contributed by atoms with Gasteiger partial charge < -0.3 is 18.9 Å². The van der Waals surface area contributed by atoms with Gasteiger partial charge in [0.05, 0.1) is 33.4 Å². The van der Waals surface area contributed by atoms with Crippen LogP contribution in [0.3, 0.4) is 0 Å². The summed E-state index contributed by atoms with van der Waals surface area (Å²) in [5.41, 5.74) is -1.60. The maximum absolute atomic E-state index is 12.1. The summed E-state index contributed by atoms with van der Waals surface area (Å²) in [7, 11) is 2.37. The van der Waals surface area contributed by atoms with E-state index < -0.39 is 29.4 Å². The molecule has 0 aromatic heterocycles. The average molecular weight is 288 g/mol. The van der Waals surface area contributed by atoms with Crippen LogP contribution in [-0.4, -0.2) is 51.4 Å². The lowest BCUT2D eigenvalue weighted by Crippen LogP contribution is -2.54. The molecule has 7 heteroatoms.